The second-order valence-corrected chi connectivity index (χ2v) is 3.53. The minimum Gasteiger partial charge on any atom is -0.368 e. The van der Waals surface area contributed by atoms with Crippen molar-refractivity contribution in [2.24, 2.45) is 5.73 Å². The molecule has 0 radical (unpaired) electrons. The second-order valence-electron chi connectivity index (χ2n) is 3.53. The third kappa shape index (κ3) is 1.64. The van der Waals surface area contributed by atoms with E-state index in [1.54, 1.807) is 11.6 Å². The summed E-state index contributed by atoms with van der Waals surface area (Å²) >= 11 is 0. The summed E-state index contributed by atoms with van der Waals surface area (Å²) in [5.41, 5.74) is 8.47. The molecule has 4 nitrogen and oxygen atoms in total. The van der Waals surface area contributed by atoms with Gasteiger partial charge < -0.3 is 5.73 Å². The molecule has 0 aliphatic rings. The van der Waals surface area contributed by atoms with Gasteiger partial charge >= 0.3 is 0 Å². The number of primary amides is 1. The summed E-state index contributed by atoms with van der Waals surface area (Å²) in [5.74, 6) is -0.349. The van der Waals surface area contributed by atoms with Crippen LogP contribution in [0, 0.1) is 13.8 Å². The number of carbonyl (C=O) groups excluding carboxylic acids is 1. The highest BCUT2D eigenvalue weighted by atomic mass is 16.1. The molecule has 1 atom stereocenters. The predicted molar refractivity (Wildman–Crippen MR) is 55.0 cm³/mol. The smallest absolute Gasteiger partial charge is 0.242 e. The van der Waals surface area contributed by atoms with Gasteiger partial charge in [-0.2, -0.15) is 5.10 Å². The number of rotatable bonds is 3. The van der Waals surface area contributed by atoms with Gasteiger partial charge in [0.15, 0.2) is 0 Å². The van der Waals surface area contributed by atoms with Gasteiger partial charge in [0.05, 0.1) is 5.69 Å². The number of nitrogens with zero attached hydrogens (tertiary/aromatic N) is 2. The first kappa shape index (κ1) is 10.8. The Hall–Kier alpha value is -1.32. The molecule has 0 fully saturated rings. The van der Waals surface area contributed by atoms with Crippen LogP contribution in [0.15, 0.2) is 0 Å². The summed E-state index contributed by atoms with van der Waals surface area (Å²) < 4.78 is 1.70. The van der Waals surface area contributed by atoms with Gasteiger partial charge in [-0.05, 0) is 32.8 Å². The first-order valence-corrected chi connectivity index (χ1v) is 4.82. The fraction of sp³-hybridized carbons (Fsp3) is 0.600. The Labute approximate surface area is 84.1 Å². The quantitative estimate of drug-likeness (QED) is 0.785. The topological polar surface area (TPSA) is 60.9 Å². The fourth-order valence-electron chi connectivity index (χ4n) is 1.71. The second kappa shape index (κ2) is 3.82. The van der Waals surface area contributed by atoms with Crippen LogP contribution in [0.1, 0.15) is 36.8 Å². The molecule has 1 aromatic heterocycles. The Balaban J connectivity index is 3.17. The van der Waals surface area contributed by atoms with E-state index >= 15 is 0 Å². The number of nitrogens with two attached hydrogens (primary N) is 1. The van der Waals surface area contributed by atoms with Gasteiger partial charge in [0.2, 0.25) is 5.91 Å². The molecule has 1 unspecified atom stereocenters. The van der Waals surface area contributed by atoms with Gasteiger partial charge in [0, 0.05) is 5.69 Å². The molecule has 14 heavy (non-hydrogen) atoms. The van der Waals surface area contributed by atoms with Gasteiger partial charge in [0.1, 0.15) is 6.04 Å². The highest BCUT2D eigenvalue weighted by Gasteiger charge is 2.17. The Kier molecular flexibility index (Phi) is 2.93. The van der Waals surface area contributed by atoms with Gasteiger partial charge in [-0.3, -0.25) is 9.48 Å². The number of hydrogen-bond donors (Lipinski definition) is 1. The zero-order valence-electron chi connectivity index (χ0n) is 9.16. The van der Waals surface area contributed by atoms with Crippen molar-refractivity contribution in [3.8, 4) is 0 Å². The van der Waals surface area contributed by atoms with E-state index in [0.29, 0.717) is 0 Å². The van der Waals surface area contributed by atoms with E-state index in [1.807, 2.05) is 13.8 Å². The first-order chi connectivity index (χ1) is 6.49. The SMILES string of the molecule is CCc1c(C)nn(C(C)C(N)=O)c1C. The zero-order chi connectivity index (χ0) is 10.9. The van der Waals surface area contributed by atoms with E-state index in [0.717, 1.165) is 17.8 Å². The first-order valence-electron chi connectivity index (χ1n) is 4.82. The normalized spacial score (nSPS) is 12.9. The molecule has 0 spiro atoms. The molecule has 1 aromatic rings. The Morgan fingerprint density at radius 3 is 2.50 bits per heavy atom. The molecular formula is C10H17N3O. The maximum Gasteiger partial charge on any atom is 0.242 e. The number of aryl methyl sites for hydroxylation is 1. The molecule has 4 heteroatoms. The Bertz CT molecular complexity index is 354. The summed E-state index contributed by atoms with van der Waals surface area (Å²) in [6.45, 7) is 7.77. The van der Waals surface area contributed by atoms with Crippen molar-refractivity contribution < 1.29 is 4.79 Å². The number of aromatic nitrogens is 2. The largest absolute Gasteiger partial charge is 0.368 e. The molecule has 2 N–H and O–H groups in total. The van der Waals surface area contributed by atoms with E-state index in [4.69, 9.17) is 5.73 Å². The summed E-state index contributed by atoms with van der Waals surface area (Å²) in [6.07, 6.45) is 0.934. The van der Waals surface area contributed by atoms with Crippen LogP contribution in [0.3, 0.4) is 0 Å². The summed E-state index contributed by atoms with van der Waals surface area (Å²) in [4.78, 5) is 11.0. The molecule has 1 heterocycles. The maximum atomic E-state index is 11.0. The maximum absolute atomic E-state index is 11.0. The monoisotopic (exact) mass is 195 g/mol. The van der Waals surface area contributed by atoms with Crippen LogP contribution in [-0.4, -0.2) is 15.7 Å². The molecule has 1 rings (SSSR count). The van der Waals surface area contributed by atoms with Crippen molar-refractivity contribution >= 4 is 5.91 Å². The van der Waals surface area contributed by atoms with Crippen LogP contribution in [0.4, 0.5) is 0 Å². The van der Waals surface area contributed by atoms with E-state index in [1.165, 1.54) is 5.56 Å². The lowest BCUT2D eigenvalue weighted by molar-refractivity contribution is -0.121. The van der Waals surface area contributed by atoms with Crippen molar-refractivity contribution in [3.05, 3.63) is 17.0 Å². The predicted octanol–water partition coefficient (Wildman–Crippen LogP) is 1.11. The number of amides is 1. The molecular weight excluding hydrogens is 178 g/mol. The van der Waals surface area contributed by atoms with Crippen LogP contribution < -0.4 is 5.73 Å². The van der Waals surface area contributed by atoms with Crippen LogP contribution in [0.5, 0.6) is 0 Å². The average molecular weight is 195 g/mol. The standard InChI is InChI=1S/C10H17N3O/c1-5-9-6(2)12-13(7(9)3)8(4)10(11)14/h8H,5H2,1-4H3,(H2,11,14). The van der Waals surface area contributed by atoms with Gasteiger partial charge in [0.25, 0.3) is 0 Å². The lowest BCUT2D eigenvalue weighted by Crippen LogP contribution is -2.25. The molecule has 78 valence electrons. The van der Waals surface area contributed by atoms with E-state index in [-0.39, 0.29) is 11.9 Å². The van der Waals surface area contributed by atoms with Crippen molar-refractivity contribution in [1.29, 1.82) is 0 Å². The van der Waals surface area contributed by atoms with Crippen molar-refractivity contribution in [1.82, 2.24) is 9.78 Å². The molecule has 0 aliphatic carbocycles. The van der Waals surface area contributed by atoms with Crippen molar-refractivity contribution in [2.75, 3.05) is 0 Å². The van der Waals surface area contributed by atoms with Gasteiger partial charge in [-0.15, -0.1) is 0 Å². The summed E-state index contributed by atoms with van der Waals surface area (Å²) in [7, 11) is 0. The Morgan fingerprint density at radius 2 is 2.14 bits per heavy atom. The van der Waals surface area contributed by atoms with Crippen LogP contribution in [-0.2, 0) is 11.2 Å². The number of hydrogen-bond acceptors (Lipinski definition) is 2. The van der Waals surface area contributed by atoms with Crippen LogP contribution >= 0.6 is 0 Å². The lowest BCUT2D eigenvalue weighted by atomic mass is 10.1. The third-order valence-corrected chi connectivity index (χ3v) is 2.61. The van der Waals surface area contributed by atoms with Crippen LogP contribution in [0.2, 0.25) is 0 Å². The van der Waals surface area contributed by atoms with Gasteiger partial charge in [-0.1, -0.05) is 6.92 Å². The molecule has 0 aromatic carbocycles. The van der Waals surface area contributed by atoms with Crippen LogP contribution in [0.25, 0.3) is 0 Å². The fourth-order valence-corrected chi connectivity index (χ4v) is 1.71. The minimum absolute atomic E-state index is 0.349. The molecule has 0 saturated carbocycles. The molecule has 0 bridgehead atoms. The van der Waals surface area contributed by atoms with E-state index in [9.17, 15) is 4.79 Å². The van der Waals surface area contributed by atoms with Crippen molar-refractivity contribution in [2.45, 2.75) is 40.2 Å². The highest BCUT2D eigenvalue weighted by Crippen LogP contribution is 2.17. The highest BCUT2D eigenvalue weighted by molar-refractivity contribution is 5.77. The molecule has 0 saturated heterocycles. The molecule has 0 aliphatic heterocycles. The third-order valence-electron chi connectivity index (χ3n) is 2.61. The van der Waals surface area contributed by atoms with E-state index < -0.39 is 0 Å². The summed E-state index contributed by atoms with van der Waals surface area (Å²) in [5, 5.41) is 4.32. The minimum atomic E-state index is -0.367. The summed E-state index contributed by atoms with van der Waals surface area (Å²) in [6, 6.07) is -0.367. The number of carbonyl (C=O) groups is 1. The Morgan fingerprint density at radius 1 is 1.57 bits per heavy atom. The average Bonchev–Trinajstić information content (AvgIpc) is 2.40. The van der Waals surface area contributed by atoms with Crippen molar-refractivity contribution in [3.63, 3.8) is 0 Å². The zero-order valence-corrected chi connectivity index (χ0v) is 9.16. The van der Waals surface area contributed by atoms with E-state index in [2.05, 4.69) is 12.0 Å². The lowest BCUT2D eigenvalue weighted by Gasteiger charge is -2.10. The van der Waals surface area contributed by atoms with Gasteiger partial charge in [-0.25, -0.2) is 0 Å². The molecule has 1 amide bonds.